The number of rotatable bonds is 5. The first-order valence-electron chi connectivity index (χ1n) is 10.3. The standard InChI is InChI=1S/C24H30N2O2/c1-18-4-3-5-20(12-18)13-24(27)26-16-21-6-9-22(26)17-25(15-21)14-19-7-10-23(28-2)11-8-19/h3-5,7-8,10-12,21-22H,6,9,13-17H2,1-2H3/t21-,22+/m0/s1. The van der Waals surface area contributed by atoms with E-state index in [1.165, 1.54) is 17.5 Å². The lowest BCUT2D eigenvalue weighted by molar-refractivity contribution is -0.134. The van der Waals surface area contributed by atoms with Gasteiger partial charge in [0, 0.05) is 32.2 Å². The van der Waals surface area contributed by atoms with E-state index in [1.54, 1.807) is 7.11 Å². The molecule has 2 aromatic carbocycles. The number of carbonyl (C=O) groups is 1. The smallest absolute Gasteiger partial charge is 0.227 e. The van der Waals surface area contributed by atoms with Gasteiger partial charge in [0.2, 0.25) is 5.91 Å². The van der Waals surface area contributed by atoms with E-state index in [0.717, 1.165) is 43.9 Å². The van der Waals surface area contributed by atoms with Crippen LogP contribution in [0.1, 0.15) is 29.5 Å². The van der Waals surface area contributed by atoms with Crippen molar-refractivity contribution in [2.75, 3.05) is 26.7 Å². The summed E-state index contributed by atoms with van der Waals surface area (Å²) >= 11 is 0. The minimum absolute atomic E-state index is 0.284. The first-order valence-corrected chi connectivity index (χ1v) is 10.3. The molecular weight excluding hydrogens is 348 g/mol. The van der Waals surface area contributed by atoms with Crippen molar-refractivity contribution in [1.29, 1.82) is 0 Å². The van der Waals surface area contributed by atoms with Gasteiger partial charge in [-0.25, -0.2) is 0 Å². The maximum atomic E-state index is 13.1. The molecule has 3 fully saturated rings. The highest BCUT2D eigenvalue weighted by Crippen LogP contribution is 2.29. The highest BCUT2D eigenvalue weighted by atomic mass is 16.5. The van der Waals surface area contributed by atoms with Gasteiger partial charge >= 0.3 is 0 Å². The van der Waals surface area contributed by atoms with Crippen molar-refractivity contribution in [2.24, 2.45) is 5.92 Å². The Kier molecular flexibility index (Phi) is 5.67. The van der Waals surface area contributed by atoms with Crippen LogP contribution in [0.4, 0.5) is 0 Å². The van der Waals surface area contributed by atoms with Gasteiger partial charge in [-0.3, -0.25) is 9.69 Å². The Bertz CT molecular complexity index is 818. The molecule has 4 nitrogen and oxygen atoms in total. The predicted molar refractivity (Wildman–Crippen MR) is 111 cm³/mol. The number of benzene rings is 2. The molecule has 0 unspecified atom stereocenters. The van der Waals surface area contributed by atoms with Crippen LogP contribution in [0.3, 0.4) is 0 Å². The monoisotopic (exact) mass is 378 g/mol. The van der Waals surface area contributed by atoms with Crippen molar-refractivity contribution in [3.63, 3.8) is 0 Å². The summed E-state index contributed by atoms with van der Waals surface area (Å²) in [5, 5.41) is 0. The van der Waals surface area contributed by atoms with Gasteiger partial charge in [0.05, 0.1) is 13.5 Å². The summed E-state index contributed by atoms with van der Waals surface area (Å²) in [4.78, 5) is 17.8. The van der Waals surface area contributed by atoms with E-state index in [4.69, 9.17) is 4.74 Å². The molecule has 0 aromatic heterocycles. The Hall–Kier alpha value is -2.33. The van der Waals surface area contributed by atoms with Crippen LogP contribution in [0.5, 0.6) is 5.75 Å². The number of amides is 1. The van der Waals surface area contributed by atoms with Crippen molar-refractivity contribution in [3.8, 4) is 5.75 Å². The third-order valence-corrected chi connectivity index (χ3v) is 6.11. The number of aryl methyl sites for hydroxylation is 1. The zero-order valence-electron chi connectivity index (χ0n) is 16.9. The van der Waals surface area contributed by atoms with Gasteiger partial charge in [-0.15, -0.1) is 0 Å². The normalized spacial score (nSPS) is 22.1. The third kappa shape index (κ3) is 4.39. The molecular formula is C24H30N2O2. The van der Waals surface area contributed by atoms with Gasteiger partial charge in [-0.2, -0.15) is 0 Å². The van der Waals surface area contributed by atoms with Gasteiger partial charge in [0.15, 0.2) is 0 Å². The molecule has 3 aliphatic rings. The molecule has 2 aromatic rings. The second-order valence-electron chi connectivity index (χ2n) is 8.35. The fourth-order valence-electron chi connectivity index (χ4n) is 4.70. The van der Waals surface area contributed by atoms with Crippen LogP contribution >= 0.6 is 0 Å². The minimum atomic E-state index is 0.284. The molecule has 2 atom stereocenters. The molecule has 3 saturated heterocycles. The molecule has 4 heteroatoms. The summed E-state index contributed by atoms with van der Waals surface area (Å²) in [5.41, 5.74) is 3.65. The van der Waals surface area contributed by atoms with Crippen molar-refractivity contribution >= 4 is 5.91 Å². The van der Waals surface area contributed by atoms with Gasteiger partial charge < -0.3 is 9.64 Å². The molecule has 0 aliphatic carbocycles. The molecule has 1 amide bonds. The van der Waals surface area contributed by atoms with Crippen LogP contribution < -0.4 is 4.74 Å². The Balaban J connectivity index is 1.41. The highest BCUT2D eigenvalue weighted by molar-refractivity contribution is 5.79. The summed E-state index contributed by atoms with van der Waals surface area (Å²) < 4.78 is 5.26. The fraction of sp³-hybridized carbons (Fsp3) is 0.458. The lowest BCUT2D eigenvalue weighted by Crippen LogP contribution is -2.48. The molecule has 3 aliphatic heterocycles. The van der Waals surface area contributed by atoms with Crippen molar-refractivity contribution in [1.82, 2.24) is 9.80 Å². The molecule has 0 saturated carbocycles. The molecule has 2 bridgehead atoms. The van der Waals surface area contributed by atoms with Crippen LogP contribution in [-0.4, -0.2) is 48.5 Å². The minimum Gasteiger partial charge on any atom is -0.497 e. The van der Waals surface area contributed by atoms with E-state index in [0.29, 0.717) is 18.4 Å². The maximum Gasteiger partial charge on any atom is 0.227 e. The van der Waals surface area contributed by atoms with E-state index in [1.807, 2.05) is 18.2 Å². The summed E-state index contributed by atoms with van der Waals surface area (Å²) in [6.07, 6.45) is 2.88. The van der Waals surface area contributed by atoms with Crippen molar-refractivity contribution < 1.29 is 9.53 Å². The largest absolute Gasteiger partial charge is 0.497 e. The number of nitrogens with zero attached hydrogens (tertiary/aromatic N) is 2. The predicted octanol–water partition coefficient (Wildman–Crippen LogP) is 3.67. The van der Waals surface area contributed by atoms with Crippen LogP contribution in [0, 0.1) is 12.8 Å². The first-order chi connectivity index (χ1) is 13.6. The molecule has 28 heavy (non-hydrogen) atoms. The lowest BCUT2D eigenvalue weighted by atomic mass is 9.94. The van der Waals surface area contributed by atoms with Crippen molar-refractivity contribution in [3.05, 3.63) is 65.2 Å². The number of methoxy groups -OCH3 is 1. The Morgan fingerprint density at radius 3 is 2.61 bits per heavy atom. The average Bonchev–Trinajstić information content (AvgIpc) is 2.99. The number of hydrogen-bond acceptors (Lipinski definition) is 3. The Morgan fingerprint density at radius 1 is 1.04 bits per heavy atom. The van der Waals surface area contributed by atoms with Crippen molar-refractivity contribution in [2.45, 2.75) is 38.8 Å². The summed E-state index contributed by atoms with van der Waals surface area (Å²) in [6, 6.07) is 17.0. The van der Waals surface area contributed by atoms with Gasteiger partial charge in [-0.1, -0.05) is 42.0 Å². The maximum absolute atomic E-state index is 13.1. The SMILES string of the molecule is COc1ccc(CN2C[C@@H]3CC[C@H](C2)N(C(=O)Cc2cccc(C)c2)C3)cc1. The molecule has 3 heterocycles. The van der Waals surface area contributed by atoms with Crippen LogP contribution in [0.2, 0.25) is 0 Å². The zero-order valence-corrected chi connectivity index (χ0v) is 16.9. The van der Waals surface area contributed by atoms with E-state index in [9.17, 15) is 4.79 Å². The van der Waals surface area contributed by atoms with E-state index in [2.05, 4.69) is 47.1 Å². The number of fused-ring (bicyclic) bond motifs is 4. The number of piperidine rings is 1. The lowest BCUT2D eigenvalue weighted by Gasteiger charge is -2.36. The quantitative estimate of drug-likeness (QED) is 0.796. The zero-order chi connectivity index (χ0) is 19.5. The third-order valence-electron chi connectivity index (χ3n) is 6.11. The van der Waals surface area contributed by atoms with E-state index < -0.39 is 0 Å². The molecule has 5 rings (SSSR count). The number of ether oxygens (including phenoxy) is 1. The van der Waals surface area contributed by atoms with Gasteiger partial charge in [0.25, 0.3) is 0 Å². The Labute approximate surface area is 168 Å². The summed E-state index contributed by atoms with van der Waals surface area (Å²) in [5.74, 6) is 1.76. The van der Waals surface area contributed by atoms with E-state index >= 15 is 0 Å². The molecule has 0 spiro atoms. The highest BCUT2D eigenvalue weighted by Gasteiger charge is 2.36. The fourth-order valence-corrected chi connectivity index (χ4v) is 4.70. The molecule has 0 radical (unpaired) electrons. The summed E-state index contributed by atoms with van der Waals surface area (Å²) in [6.45, 7) is 5.99. The van der Waals surface area contributed by atoms with Crippen LogP contribution in [-0.2, 0) is 17.8 Å². The van der Waals surface area contributed by atoms with E-state index in [-0.39, 0.29) is 5.91 Å². The van der Waals surface area contributed by atoms with Gasteiger partial charge in [0.1, 0.15) is 5.75 Å². The van der Waals surface area contributed by atoms with Gasteiger partial charge in [-0.05, 0) is 48.9 Å². The average molecular weight is 379 g/mol. The van der Waals surface area contributed by atoms with Crippen LogP contribution in [0.25, 0.3) is 0 Å². The second kappa shape index (κ2) is 8.36. The van der Waals surface area contributed by atoms with Crippen LogP contribution in [0.15, 0.2) is 48.5 Å². The second-order valence-corrected chi connectivity index (χ2v) is 8.35. The first kappa shape index (κ1) is 19.0. The molecule has 0 N–H and O–H groups in total. The number of carbonyl (C=O) groups excluding carboxylic acids is 1. The topological polar surface area (TPSA) is 32.8 Å². The number of hydrogen-bond donors (Lipinski definition) is 0. The Morgan fingerprint density at radius 2 is 1.86 bits per heavy atom. The molecule has 148 valence electrons. The summed E-state index contributed by atoms with van der Waals surface area (Å²) in [7, 11) is 1.70.